The lowest BCUT2D eigenvalue weighted by Gasteiger charge is -2.27. The van der Waals surface area contributed by atoms with Crippen LogP contribution in [0, 0.1) is 6.92 Å². The molecule has 5 heteroatoms. The second-order valence-corrected chi connectivity index (χ2v) is 9.96. The number of nitrogens with zero attached hydrogens (tertiary/aromatic N) is 2. The molecule has 5 nitrogen and oxygen atoms in total. The van der Waals surface area contributed by atoms with E-state index in [0.29, 0.717) is 18.8 Å². The number of hydrogen-bond donors (Lipinski definition) is 2. The number of likely N-dealkylation sites (tertiary alicyclic amines) is 1. The van der Waals surface area contributed by atoms with Gasteiger partial charge in [-0.2, -0.15) is 0 Å². The van der Waals surface area contributed by atoms with Crippen molar-refractivity contribution in [3.8, 4) is 5.75 Å². The van der Waals surface area contributed by atoms with Crippen LogP contribution < -0.4 is 5.32 Å². The standard InChI is InChI=1S/C30H41N3O2/c1-3-4-5-12-21-33-23(2)28(30(35)31-18-17-24-13-8-6-9-14-24)29-25(27(34)16-15-26(29)33)22-32-19-10-7-11-20-32/h6,8-9,13-16,34H,3-5,7,10-12,17-22H2,1-2H3,(H,31,35). The molecule has 2 N–H and O–H groups in total. The van der Waals surface area contributed by atoms with Crippen molar-refractivity contribution in [1.29, 1.82) is 0 Å². The highest BCUT2D eigenvalue weighted by Crippen LogP contribution is 2.35. The van der Waals surface area contributed by atoms with Crippen molar-refractivity contribution >= 4 is 16.8 Å². The topological polar surface area (TPSA) is 57.5 Å². The number of fused-ring (bicyclic) bond motifs is 1. The highest BCUT2D eigenvalue weighted by molar-refractivity contribution is 6.10. The van der Waals surface area contributed by atoms with Gasteiger partial charge in [-0.25, -0.2) is 0 Å². The third kappa shape index (κ3) is 6.07. The Kier molecular flexibility index (Phi) is 8.86. The minimum Gasteiger partial charge on any atom is -0.508 e. The number of nitrogens with one attached hydrogen (secondary N) is 1. The van der Waals surface area contributed by atoms with Crippen molar-refractivity contribution in [3.05, 3.63) is 64.8 Å². The molecule has 0 saturated carbocycles. The second kappa shape index (κ2) is 12.3. The molecule has 0 atom stereocenters. The molecular formula is C30H41N3O2. The van der Waals surface area contributed by atoms with Gasteiger partial charge in [0.05, 0.1) is 5.56 Å². The summed E-state index contributed by atoms with van der Waals surface area (Å²) >= 11 is 0. The quantitative estimate of drug-likeness (QED) is 0.325. The summed E-state index contributed by atoms with van der Waals surface area (Å²) in [7, 11) is 0. The summed E-state index contributed by atoms with van der Waals surface area (Å²) in [5.74, 6) is 0.255. The maximum Gasteiger partial charge on any atom is 0.253 e. The number of unbranched alkanes of at least 4 members (excludes halogenated alkanes) is 3. The van der Waals surface area contributed by atoms with Gasteiger partial charge in [-0.1, -0.05) is 62.9 Å². The molecule has 35 heavy (non-hydrogen) atoms. The van der Waals surface area contributed by atoms with Crippen molar-refractivity contribution in [2.24, 2.45) is 0 Å². The van der Waals surface area contributed by atoms with Crippen LogP contribution in [-0.2, 0) is 19.5 Å². The van der Waals surface area contributed by atoms with Gasteiger partial charge in [-0.05, 0) is 63.4 Å². The number of phenolic OH excluding ortho intramolecular Hbond substituents is 1. The maximum absolute atomic E-state index is 13.6. The molecule has 0 bridgehead atoms. The fourth-order valence-electron chi connectivity index (χ4n) is 5.44. The average Bonchev–Trinajstić information content (AvgIpc) is 3.16. The fourth-order valence-corrected chi connectivity index (χ4v) is 5.44. The van der Waals surface area contributed by atoms with E-state index in [1.807, 2.05) is 30.3 Å². The predicted molar refractivity (Wildman–Crippen MR) is 144 cm³/mol. The van der Waals surface area contributed by atoms with E-state index in [-0.39, 0.29) is 5.91 Å². The zero-order chi connectivity index (χ0) is 24.6. The first-order valence-electron chi connectivity index (χ1n) is 13.5. The van der Waals surface area contributed by atoms with Crippen molar-refractivity contribution < 1.29 is 9.90 Å². The first-order valence-corrected chi connectivity index (χ1v) is 13.5. The molecule has 1 saturated heterocycles. The highest BCUT2D eigenvalue weighted by Gasteiger charge is 2.25. The van der Waals surface area contributed by atoms with Crippen molar-refractivity contribution in [3.63, 3.8) is 0 Å². The number of rotatable bonds is 11. The Balaban J connectivity index is 1.66. The van der Waals surface area contributed by atoms with E-state index in [2.05, 4.69) is 40.8 Å². The van der Waals surface area contributed by atoms with Gasteiger partial charge < -0.3 is 15.0 Å². The molecule has 0 spiro atoms. The summed E-state index contributed by atoms with van der Waals surface area (Å²) in [4.78, 5) is 16.0. The van der Waals surface area contributed by atoms with Crippen LogP contribution in [0.5, 0.6) is 5.75 Å². The van der Waals surface area contributed by atoms with E-state index in [1.54, 1.807) is 0 Å². The largest absolute Gasteiger partial charge is 0.508 e. The number of aromatic hydroxyl groups is 1. The SMILES string of the molecule is CCCCCCn1c(C)c(C(=O)NCCc2ccccc2)c2c(CN3CCCCC3)c(O)ccc21. The van der Waals surface area contributed by atoms with Crippen molar-refractivity contribution in [2.75, 3.05) is 19.6 Å². The average molecular weight is 476 g/mol. The van der Waals surface area contributed by atoms with Crippen LogP contribution in [-0.4, -0.2) is 40.1 Å². The van der Waals surface area contributed by atoms with Crippen molar-refractivity contribution in [2.45, 2.75) is 78.3 Å². The van der Waals surface area contributed by atoms with E-state index < -0.39 is 0 Å². The molecule has 1 aliphatic heterocycles. The summed E-state index contributed by atoms with van der Waals surface area (Å²) in [6.07, 6.45) is 9.17. The molecule has 1 aliphatic rings. The lowest BCUT2D eigenvalue weighted by Crippen LogP contribution is -2.29. The fraction of sp³-hybridized carbons (Fsp3) is 0.500. The van der Waals surface area contributed by atoms with Gasteiger partial charge in [0, 0.05) is 41.8 Å². The molecule has 2 heterocycles. The summed E-state index contributed by atoms with van der Waals surface area (Å²) in [6, 6.07) is 14.1. The normalized spacial score (nSPS) is 14.5. The van der Waals surface area contributed by atoms with Crippen LogP contribution in [0.2, 0.25) is 0 Å². The third-order valence-corrected chi connectivity index (χ3v) is 7.41. The lowest BCUT2D eigenvalue weighted by molar-refractivity contribution is 0.0954. The number of phenols is 1. The third-order valence-electron chi connectivity index (χ3n) is 7.41. The minimum atomic E-state index is -0.0405. The van der Waals surface area contributed by atoms with Crippen LogP contribution in [0.3, 0.4) is 0 Å². The van der Waals surface area contributed by atoms with E-state index in [4.69, 9.17) is 0 Å². The Bertz CT molecular complexity index is 1110. The van der Waals surface area contributed by atoms with E-state index in [9.17, 15) is 9.90 Å². The van der Waals surface area contributed by atoms with E-state index in [0.717, 1.165) is 60.2 Å². The molecule has 3 aromatic rings. The molecule has 0 radical (unpaired) electrons. The molecule has 0 aliphatic carbocycles. The molecule has 0 unspecified atom stereocenters. The molecular weight excluding hydrogens is 434 g/mol. The summed E-state index contributed by atoms with van der Waals surface area (Å²) in [5, 5.41) is 15.1. The summed E-state index contributed by atoms with van der Waals surface area (Å²) in [5.41, 5.74) is 4.90. The molecule has 188 valence electrons. The number of hydrogen-bond acceptors (Lipinski definition) is 3. The van der Waals surface area contributed by atoms with Crippen molar-refractivity contribution in [1.82, 2.24) is 14.8 Å². The Morgan fingerprint density at radius 2 is 1.77 bits per heavy atom. The smallest absolute Gasteiger partial charge is 0.253 e. The molecule has 1 amide bonds. The van der Waals surface area contributed by atoms with E-state index >= 15 is 0 Å². The Labute approximate surface area is 210 Å². The summed E-state index contributed by atoms with van der Waals surface area (Å²) < 4.78 is 2.30. The zero-order valence-electron chi connectivity index (χ0n) is 21.5. The number of benzene rings is 2. The zero-order valence-corrected chi connectivity index (χ0v) is 21.5. The summed E-state index contributed by atoms with van der Waals surface area (Å²) in [6.45, 7) is 8.56. The first kappa shape index (κ1) is 25.3. The van der Waals surface area contributed by atoms with Crippen LogP contribution in [0.4, 0.5) is 0 Å². The van der Waals surface area contributed by atoms with Gasteiger partial charge >= 0.3 is 0 Å². The van der Waals surface area contributed by atoms with Gasteiger partial charge in [0.25, 0.3) is 5.91 Å². The molecule has 1 aromatic heterocycles. The minimum absolute atomic E-state index is 0.0405. The lowest BCUT2D eigenvalue weighted by atomic mass is 10.0. The van der Waals surface area contributed by atoms with Crippen LogP contribution in [0.15, 0.2) is 42.5 Å². The van der Waals surface area contributed by atoms with Gasteiger partial charge in [0.15, 0.2) is 0 Å². The van der Waals surface area contributed by atoms with Gasteiger partial charge in [-0.15, -0.1) is 0 Å². The van der Waals surface area contributed by atoms with Gasteiger partial charge in [0.2, 0.25) is 0 Å². The van der Waals surface area contributed by atoms with Crippen LogP contribution in [0.25, 0.3) is 10.9 Å². The number of amides is 1. The number of carbonyl (C=O) groups is 1. The number of aromatic nitrogens is 1. The van der Waals surface area contributed by atoms with Gasteiger partial charge in [0.1, 0.15) is 5.75 Å². The highest BCUT2D eigenvalue weighted by atomic mass is 16.3. The maximum atomic E-state index is 13.6. The number of aryl methyl sites for hydroxylation is 1. The van der Waals surface area contributed by atoms with E-state index in [1.165, 1.54) is 44.1 Å². The number of carbonyl (C=O) groups excluding carboxylic acids is 1. The van der Waals surface area contributed by atoms with Crippen LogP contribution in [0.1, 0.15) is 79.0 Å². The Morgan fingerprint density at radius 1 is 1.00 bits per heavy atom. The van der Waals surface area contributed by atoms with Crippen LogP contribution >= 0.6 is 0 Å². The van der Waals surface area contributed by atoms with Gasteiger partial charge in [-0.3, -0.25) is 9.69 Å². The molecule has 1 fully saturated rings. The number of piperidine rings is 1. The Morgan fingerprint density at radius 3 is 2.51 bits per heavy atom. The second-order valence-electron chi connectivity index (χ2n) is 9.96. The first-order chi connectivity index (χ1) is 17.1. The molecule has 4 rings (SSSR count). The Hall–Kier alpha value is -2.79. The predicted octanol–water partition coefficient (Wildman–Crippen LogP) is 6.19. The monoisotopic (exact) mass is 475 g/mol. The molecule has 2 aromatic carbocycles.